The highest BCUT2D eigenvalue weighted by atomic mass is 16.5. The minimum absolute atomic E-state index is 0.0489. The van der Waals surface area contributed by atoms with Gasteiger partial charge in [0.1, 0.15) is 17.7 Å². The minimum Gasteiger partial charge on any atom is -0.495 e. The van der Waals surface area contributed by atoms with Crippen LogP contribution in [-0.2, 0) is 4.79 Å². The summed E-state index contributed by atoms with van der Waals surface area (Å²) in [5.74, 6) is 1.85. The molecule has 2 heterocycles. The number of amides is 1. The van der Waals surface area contributed by atoms with E-state index in [-0.39, 0.29) is 11.8 Å². The Hall–Kier alpha value is -3.16. The van der Waals surface area contributed by atoms with E-state index in [0.29, 0.717) is 35.5 Å². The van der Waals surface area contributed by atoms with Gasteiger partial charge in [-0.2, -0.15) is 4.98 Å². The van der Waals surface area contributed by atoms with Crippen LogP contribution in [0.15, 0.2) is 24.4 Å². The molecule has 0 spiro atoms. The molecule has 1 unspecified atom stereocenters. The molecular weight excluding hydrogens is 406 g/mol. The lowest BCUT2D eigenvalue weighted by atomic mass is 10.0. The van der Waals surface area contributed by atoms with Crippen molar-refractivity contribution in [2.75, 3.05) is 35.8 Å². The minimum atomic E-state index is -0.0489. The highest BCUT2D eigenvalue weighted by Gasteiger charge is 2.36. The molecule has 1 saturated carbocycles. The average Bonchev–Trinajstić information content (AvgIpc) is 3.32. The van der Waals surface area contributed by atoms with E-state index in [4.69, 9.17) is 9.72 Å². The van der Waals surface area contributed by atoms with Crippen molar-refractivity contribution in [2.45, 2.75) is 51.5 Å². The molecule has 32 heavy (non-hydrogen) atoms. The van der Waals surface area contributed by atoms with E-state index in [2.05, 4.69) is 22.1 Å². The predicted octanol–water partition coefficient (Wildman–Crippen LogP) is 4.18. The van der Waals surface area contributed by atoms with Gasteiger partial charge in [0.15, 0.2) is 5.82 Å². The number of nitrogens with zero attached hydrogens (tertiary/aromatic N) is 4. The predicted molar refractivity (Wildman–Crippen MR) is 125 cm³/mol. The molecule has 1 atom stereocenters. The lowest BCUT2D eigenvalue weighted by Gasteiger charge is -2.31. The number of fused-ring (bicyclic) bond motifs is 1. The summed E-state index contributed by atoms with van der Waals surface area (Å²) in [6.45, 7) is 2.80. The Balaban J connectivity index is 1.72. The number of rotatable bonds is 7. The fourth-order valence-electron chi connectivity index (χ4n) is 4.78. The lowest BCUT2D eigenvalue weighted by Crippen LogP contribution is -2.40. The monoisotopic (exact) mass is 437 g/mol. The summed E-state index contributed by atoms with van der Waals surface area (Å²) in [5, 5.41) is 3.23. The van der Waals surface area contributed by atoms with Crippen LogP contribution in [0.25, 0.3) is 0 Å². The first-order chi connectivity index (χ1) is 15.5. The Bertz CT molecular complexity index is 990. The smallest absolute Gasteiger partial charge is 0.231 e. The first-order valence-corrected chi connectivity index (χ1v) is 11.4. The zero-order valence-corrected chi connectivity index (χ0v) is 19.0. The number of aldehydes is 1. The van der Waals surface area contributed by atoms with Crippen LogP contribution in [0, 0.1) is 5.92 Å². The van der Waals surface area contributed by atoms with Crippen molar-refractivity contribution < 1.29 is 14.3 Å². The van der Waals surface area contributed by atoms with Crippen LogP contribution in [0.1, 0.15) is 55.8 Å². The molecule has 1 aromatic carbocycles. The molecule has 1 N–H and O–H groups in total. The standard InChI is InChI=1S/C24H31N5O3/c1-4-7-17-14-29(18-8-5-6-9-18)22-20(28(2)23(17)31)13-25-24(27-22)26-19-11-10-16(15-30)12-21(19)32-3/h10-13,15,17-18H,4-9,14H2,1-3H3,(H,25,26,27). The summed E-state index contributed by atoms with van der Waals surface area (Å²) in [4.78, 5) is 37.7. The number of hydrogen-bond donors (Lipinski definition) is 1. The van der Waals surface area contributed by atoms with Crippen LogP contribution in [0.4, 0.5) is 23.1 Å². The second kappa shape index (κ2) is 9.54. The highest BCUT2D eigenvalue weighted by Crippen LogP contribution is 2.38. The first-order valence-electron chi connectivity index (χ1n) is 11.4. The van der Waals surface area contributed by atoms with Gasteiger partial charge in [-0.1, -0.05) is 26.2 Å². The van der Waals surface area contributed by atoms with Gasteiger partial charge in [0.05, 0.1) is 24.9 Å². The van der Waals surface area contributed by atoms with Gasteiger partial charge in [-0.25, -0.2) is 4.98 Å². The van der Waals surface area contributed by atoms with Crippen LogP contribution < -0.4 is 19.9 Å². The fraction of sp³-hybridized carbons (Fsp3) is 0.500. The first kappa shape index (κ1) is 22.0. The van der Waals surface area contributed by atoms with E-state index in [9.17, 15) is 9.59 Å². The number of carbonyl (C=O) groups excluding carboxylic acids is 2. The third-order valence-corrected chi connectivity index (χ3v) is 6.49. The molecule has 8 nitrogen and oxygen atoms in total. The van der Waals surface area contributed by atoms with Crippen molar-refractivity contribution in [1.29, 1.82) is 0 Å². The van der Waals surface area contributed by atoms with Gasteiger partial charge in [0, 0.05) is 25.2 Å². The van der Waals surface area contributed by atoms with Crippen molar-refractivity contribution in [1.82, 2.24) is 9.97 Å². The molecule has 1 aliphatic carbocycles. The third kappa shape index (κ3) is 4.26. The van der Waals surface area contributed by atoms with Gasteiger partial charge in [0.2, 0.25) is 11.9 Å². The number of ether oxygens (including phenoxy) is 1. The van der Waals surface area contributed by atoms with E-state index in [1.807, 2.05) is 7.05 Å². The Morgan fingerprint density at radius 2 is 2.06 bits per heavy atom. The number of anilines is 4. The summed E-state index contributed by atoms with van der Waals surface area (Å²) in [7, 11) is 3.38. The average molecular weight is 438 g/mol. The largest absolute Gasteiger partial charge is 0.495 e. The number of benzene rings is 1. The zero-order valence-electron chi connectivity index (χ0n) is 19.0. The summed E-state index contributed by atoms with van der Waals surface area (Å²) in [5.41, 5.74) is 1.95. The van der Waals surface area contributed by atoms with E-state index >= 15 is 0 Å². The summed E-state index contributed by atoms with van der Waals surface area (Å²) in [6, 6.07) is 5.55. The van der Waals surface area contributed by atoms with Crippen LogP contribution >= 0.6 is 0 Å². The SMILES string of the molecule is CCCC1CN(C2CCCC2)c2nc(Nc3ccc(C=O)cc3OC)ncc2N(C)C1=O. The van der Waals surface area contributed by atoms with E-state index in [1.165, 1.54) is 12.8 Å². The van der Waals surface area contributed by atoms with Crippen molar-refractivity contribution in [2.24, 2.45) is 5.92 Å². The zero-order chi connectivity index (χ0) is 22.7. The maximum Gasteiger partial charge on any atom is 0.231 e. The van der Waals surface area contributed by atoms with Gasteiger partial charge in [-0.05, 0) is 37.5 Å². The van der Waals surface area contributed by atoms with Gasteiger partial charge in [0.25, 0.3) is 0 Å². The molecule has 0 radical (unpaired) electrons. The Labute approximate surface area is 189 Å². The van der Waals surface area contributed by atoms with Crippen LogP contribution in [0.3, 0.4) is 0 Å². The van der Waals surface area contributed by atoms with Gasteiger partial charge in [-0.15, -0.1) is 0 Å². The quantitative estimate of drug-likeness (QED) is 0.650. The van der Waals surface area contributed by atoms with Gasteiger partial charge >= 0.3 is 0 Å². The second-order valence-corrected chi connectivity index (χ2v) is 8.58. The topological polar surface area (TPSA) is 87.7 Å². The third-order valence-electron chi connectivity index (χ3n) is 6.49. The van der Waals surface area contributed by atoms with Crippen LogP contribution in [0.2, 0.25) is 0 Å². The summed E-state index contributed by atoms with van der Waals surface area (Å²) < 4.78 is 5.43. The number of carbonyl (C=O) groups is 2. The van der Waals surface area contributed by atoms with Gasteiger partial charge < -0.3 is 19.9 Å². The van der Waals surface area contributed by atoms with Crippen molar-refractivity contribution in [3.05, 3.63) is 30.0 Å². The van der Waals surface area contributed by atoms with E-state index in [1.54, 1.807) is 36.4 Å². The van der Waals surface area contributed by atoms with Gasteiger partial charge in [-0.3, -0.25) is 9.59 Å². The van der Waals surface area contributed by atoms with Crippen molar-refractivity contribution in [3.8, 4) is 5.75 Å². The van der Waals surface area contributed by atoms with Crippen LogP contribution in [0.5, 0.6) is 5.75 Å². The molecule has 170 valence electrons. The molecule has 2 aliphatic rings. The molecule has 0 saturated heterocycles. The molecule has 1 aromatic heterocycles. The number of nitrogens with one attached hydrogen (secondary N) is 1. The molecule has 8 heteroatoms. The van der Waals surface area contributed by atoms with Crippen molar-refractivity contribution in [3.63, 3.8) is 0 Å². The number of hydrogen-bond acceptors (Lipinski definition) is 7. The molecule has 2 aromatic rings. The van der Waals surface area contributed by atoms with E-state index < -0.39 is 0 Å². The summed E-state index contributed by atoms with van der Waals surface area (Å²) in [6.07, 6.45) is 8.97. The molecule has 1 amide bonds. The Morgan fingerprint density at radius 3 is 2.75 bits per heavy atom. The molecular formula is C24H31N5O3. The fourth-order valence-corrected chi connectivity index (χ4v) is 4.78. The second-order valence-electron chi connectivity index (χ2n) is 8.58. The molecule has 1 fully saturated rings. The summed E-state index contributed by atoms with van der Waals surface area (Å²) >= 11 is 0. The molecule has 4 rings (SSSR count). The lowest BCUT2D eigenvalue weighted by molar-refractivity contribution is -0.121. The highest BCUT2D eigenvalue weighted by molar-refractivity contribution is 5.99. The molecule has 1 aliphatic heterocycles. The Morgan fingerprint density at radius 1 is 1.28 bits per heavy atom. The Kier molecular flexibility index (Phi) is 6.58. The number of aromatic nitrogens is 2. The van der Waals surface area contributed by atoms with Crippen molar-refractivity contribution >= 4 is 35.3 Å². The van der Waals surface area contributed by atoms with Crippen LogP contribution in [-0.4, -0.2) is 48.9 Å². The maximum atomic E-state index is 13.2. The molecule has 0 bridgehead atoms. The maximum absolute atomic E-state index is 13.2. The van der Waals surface area contributed by atoms with E-state index in [0.717, 1.165) is 43.5 Å². The number of methoxy groups -OCH3 is 1. The normalized spacial score (nSPS) is 19.0.